The van der Waals surface area contributed by atoms with Crippen LogP contribution < -0.4 is 4.72 Å². The molecule has 0 aliphatic rings. The number of carboxylic acids is 1. The number of aryl methyl sites for hydroxylation is 1. The van der Waals surface area contributed by atoms with Gasteiger partial charge in [-0.3, -0.25) is 9.59 Å². The van der Waals surface area contributed by atoms with E-state index in [4.69, 9.17) is 0 Å². The van der Waals surface area contributed by atoms with Crippen LogP contribution in [0.3, 0.4) is 0 Å². The van der Waals surface area contributed by atoms with Gasteiger partial charge in [0.25, 0.3) is 0 Å². The fourth-order valence-corrected chi connectivity index (χ4v) is 3.88. The summed E-state index contributed by atoms with van der Waals surface area (Å²) >= 11 is 0. The summed E-state index contributed by atoms with van der Waals surface area (Å²) in [5, 5.41) is 9.29. The fraction of sp³-hybridized carbons (Fsp3) is 0.286. The quantitative estimate of drug-likeness (QED) is 0.391. The van der Waals surface area contributed by atoms with Crippen LogP contribution >= 0.6 is 0 Å². The number of ketones is 1. The molecular weight excluding hydrogens is 462 g/mol. The van der Waals surface area contributed by atoms with Gasteiger partial charge in [0.15, 0.2) is 5.78 Å². The van der Waals surface area contributed by atoms with Crippen molar-refractivity contribution in [3.05, 3.63) is 102 Å². The Labute approximate surface area is 209 Å². The Bertz CT molecular complexity index is 1130. The molecule has 0 fully saturated rings. The number of rotatable bonds is 8. The first-order valence-electron chi connectivity index (χ1n) is 11.5. The number of hydrogen-bond donors (Lipinski definition) is 2. The molecule has 7 heteroatoms. The van der Waals surface area contributed by atoms with Gasteiger partial charge >= 0.3 is 5.97 Å². The van der Waals surface area contributed by atoms with Crippen molar-refractivity contribution in [3.8, 4) is 0 Å². The minimum absolute atomic E-state index is 0.0287. The van der Waals surface area contributed by atoms with E-state index in [1.165, 1.54) is 49.6 Å². The highest BCUT2D eigenvalue weighted by molar-refractivity contribution is 7.89. The summed E-state index contributed by atoms with van der Waals surface area (Å²) in [6, 6.07) is 23.1. The Morgan fingerprint density at radius 2 is 1.31 bits per heavy atom. The lowest BCUT2D eigenvalue weighted by Crippen LogP contribution is -2.42. The van der Waals surface area contributed by atoms with Crippen LogP contribution in [0, 0.1) is 6.92 Å². The van der Waals surface area contributed by atoms with Crippen molar-refractivity contribution < 1.29 is 23.1 Å². The Hall–Kier alpha value is -3.29. The van der Waals surface area contributed by atoms with Crippen LogP contribution in [0.25, 0.3) is 0 Å². The second-order valence-corrected chi connectivity index (χ2v) is 9.65. The third kappa shape index (κ3) is 11.6. The molecule has 0 radical (unpaired) electrons. The molecule has 0 amide bonds. The molecule has 0 saturated heterocycles. The lowest BCUT2D eigenvalue weighted by atomic mass is 10.1. The van der Waals surface area contributed by atoms with Crippen LogP contribution in [0.1, 0.15) is 55.1 Å². The monoisotopic (exact) mass is 497 g/mol. The third-order valence-electron chi connectivity index (χ3n) is 4.89. The summed E-state index contributed by atoms with van der Waals surface area (Å²) in [7, 11) is -4.01. The smallest absolute Gasteiger partial charge is 0.322 e. The average Bonchev–Trinajstić information content (AvgIpc) is 2.85. The molecule has 0 aliphatic heterocycles. The van der Waals surface area contributed by atoms with Crippen LogP contribution in [0.4, 0.5) is 0 Å². The van der Waals surface area contributed by atoms with Crippen molar-refractivity contribution in [2.24, 2.45) is 0 Å². The molecule has 0 aliphatic carbocycles. The van der Waals surface area contributed by atoms with Crippen molar-refractivity contribution in [3.63, 3.8) is 0 Å². The topological polar surface area (TPSA) is 101 Å². The SMILES string of the molecule is CC(=O)c1ccc(S(=O)(=O)NC(Cc2ccccc2)C(=O)O)cc1.CCCC.Cc1ccccc1. The first-order valence-corrected chi connectivity index (χ1v) is 13.0. The van der Waals surface area contributed by atoms with E-state index in [2.05, 4.69) is 37.6 Å². The van der Waals surface area contributed by atoms with Crippen LogP contribution in [0.2, 0.25) is 0 Å². The predicted molar refractivity (Wildman–Crippen MR) is 140 cm³/mol. The van der Waals surface area contributed by atoms with Crippen molar-refractivity contribution in [2.75, 3.05) is 0 Å². The second-order valence-electron chi connectivity index (χ2n) is 7.94. The number of carboxylic acid groups (broad SMARTS) is 1. The Morgan fingerprint density at radius 1 is 0.829 bits per heavy atom. The van der Waals surface area contributed by atoms with Crippen molar-refractivity contribution >= 4 is 21.8 Å². The highest BCUT2D eigenvalue weighted by Gasteiger charge is 2.25. The lowest BCUT2D eigenvalue weighted by molar-refractivity contribution is -0.138. The molecule has 3 aromatic rings. The van der Waals surface area contributed by atoms with Gasteiger partial charge in [-0.2, -0.15) is 4.72 Å². The van der Waals surface area contributed by atoms with E-state index in [1.807, 2.05) is 18.2 Å². The predicted octanol–water partition coefficient (Wildman–Crippen LogP) is 5.66. The van der Waals surface area contributed by atoms with Gasteiger partial charge in [0.05, 0.1) is 4.90 Å². The first kappa shape index (κ1) is 29.7. The minimum Gasteiger partial charge on any atom is -0.480 e. The van der Waals surface area contributed by atoms with Gasteiger partial charge in [0, 0.05) is 5.56 Å². The van der Waals surface area contributed by atoms with E-state index in [1.54, 1.807) is 30.3 Å². The molecule has 3 aromatic carbocycles. The maximum atomic E-state index is 12.4. The molecule has 6 nitrogen and oxygen atoms in total. The summed E-state index contributed by atoms with van der Waals surface area (Å²) in [4.78, 5) is 22.5. The number of benzene rings is 3. The van der Waals surface area contributed by atoms with E-state index < -0.39 is 22.0 Å². The van der Waals surface area contributed by atoms with Crippen LogP contribution in [0.5, 0.6) is 0 Å². The number of carbonyl (C=O) groups excluding carboxylic acids is 1. The molecule has 0 aromatic heterocycles. The van der Waals surface area contributed by atoms with Crippen LogP contribution in [0.15, 0.2) is 89.8 Å². The summed E-state index contributed by atoms with van der Waals surface area (Å²) in [6.45, 7) is 7.82. The Kier molecular flexibility index (Phi) is 13.2. The maximum Gasteiger partial charge on any atom is 0.322 e. The van der Waals surface area contributed by atoms with Gasteiger partial charge in [-0.25, -0.2) is 8.42 Å². The molecule has 35 heavy (non-hydrogen) atoms. The van der Waals surface area contributed by atoms with Gasteiger partial charge < -0.3 is 5.11 Å². The molecule has 3 rings (SSSR count). The molecular formula is C28H35NO5S. The molecule has 1 unspecified atom stereocenters. The summed E-state index contributed by atoms with van der Waals surface area (Å²) < 4.78 is 26.9. The number of hydrogen-bond acceptors (Lipinski definition) is 4. The molecule has 1 atom stereocenters. The van der Waals surface area contributed by atoms with Crippen molar-refractivity contribution in [2.45, 2.75) is 57.9 Å². The average molecular weight is 498 g/mol. The number of carbonyl (C=O) groups is 2. The molecule has 0 heterocycles. The third-order valence-corrected chi connectivity index (χ3v) is 6.38. The largest absolute Gasteiger partial charge is 0.480 e. The first-order chi connectivity index (χ1) is 16.6. The Balaban J connectivity index is 0.000000458. The number of Topliss-reactive ketones (excluding diaryl/α,β-unsaturated/α-hetero) is 1. The lowest BCUT2D eigenvalue weighted by Gasteiger charge is -2.15. The second kappa shape index (κ2) is 15.6. The van der Waals surface area contributed by atoms with Gasteiger partial charge in [-0.1, -0.05) is 105 Å². The van der Waals surface area contributed by atoms with E-state index in [0.29, 0.717) is 11.1 Å². The zero-order chi connectivity index (χ0) is 26.3. The summed E-state index contributed by atoms with van der Waals surface area (Å²) in [6.07, 6.45) is 2.67. The van der Waals surface area contributed by atoms with E-state index in [-0.39, 0.29) is 17.1 Å². The van der Waals surface area contributed by atoms with Gasteiger partial charge in [0.1, 0.15) is 6.04 Å². The molecule has 0 saturated carbocycles. The Morgan fingerprint density at radius 3 is 1.69 bits per heavy atom. The minimum atomic E-state index is -4.01. The van der Waals surface area contributed by atoms with Crippen molar-refractivity contribution in [1.29, 1.82) is 0 Å². The molecule has 0 spiro atoms. The number of unbranched alkanes of at least 4 members (excludes halogenated alkanes) is 1. The van der Waals surface area contributed by atoms with E-state index in [0.717, 1.165) is 0 Å². The van der Waals surface area contributed by atoms with Gasteiger partial charge in [0.2, 0.25) is 10.0 Å². The number of sulfonamides is 1. The van der Waals surface area contributed by atoms with E-state index >= 15 is 0 Å². The van der Waals surface area contributed by atoms with Crippen molar-refractivity contribution in [1.82, 2.24) is 4.72 Å². The number of nitrogens with one attached hydrogen (secondary N) is 1. The normalized spacial score (nSPS) is 11.2. The molecule has 188 valence electrons. The number of aliphatic carboxylic acids is 1. The zero-order valence-corrected chi connectivity index (χ0v) is 21.6. The summed E-state index contributed by atoms with van der Waals surface area (Å²) in [5.74, 6) is -1.44. The van der Waals surface area contributed by atoms with E-state index in [9.17, 15) is 23.1 Å². The van der Waals surface area contributed by atoms with Crippen LogP contribution in [-0.2, 0) is 21.2 Å². The zero-order valence-electron chi connectivity index (χ0n) is 20.8. The molecule has 2 N–H and O–H groups in total. The van der Waals surface area contributed by atoms with Gasteiger partial charge in [-0.05, 0) is 38.0 Å². The maximum absolute atomic E-state index is 12.4. The van der Waals surface area contributed by atoms with Gasteiger partial charge in [-0.15, -0.1) is 0 Å². The highest BCUT2D eigenvalue weighted by atomic mass is 32.2. The summed E-state index contributed by atoms with van der Waals surface area (Å²) in [5.41, 5.74) is 2.41. The molecule has 0 bridgehead atoms. The fourth-order valence-electron chi connectivity index (χ4n) is 2.69. The highest BCUT2D eigenvalue weighted by Crippen LogP contribution is 2.13. The standard InChI is InChI=1S/C17H17NO5S.C7H8.C4H10/c1-12(19)14-7-9-15(10-8-14)24(22,23)18-16(17(20)21)11-13-5-3-2-4-6-13;1-7-5-3-2-4-6-7;1-3-4-2/h2-10,16,18H,11H2,1H3,(H,20,21);2-6H,1H3;3-4H2,1-2H3. The van der Waals surface area contributed by atoms with Crippen LogP contribution in [-0.4, -0.2) is 31.3 Å².